The van der Waals surface area contributed by atoms with E-state index in [1.54, 1.807) is 4.68 Å². The number of carbonyl (C=O) groups is 1. The minimum atomic E-state index is 0.00945. The molecule has 0 atom stereocenters. The lowest BCUT2D eigenvalue weighted by Crippen LogP contribution is -2.45. The van der Waals surface area contributed by atoms with Crippen LogP contribution in [0, 0.1) is 13.8 Å². The Morgan fingerprint density at radius 2 is 1.71 bits per heavy atom. The number of aryl methyl sites for hydroxylation is 2. The molecule has 1 amide bonds. The van der Waals surface area contributed by atoms with Gasteiger partial charge in [-0.1, -0.05) is 18.2 Å². The van der Waals surface area contributed by atoms with Gasteiger partial charge in [-0.3, -0.25) is 4.79 Å². The molecule has 4 rings (SSSR count). The second kappa shape index (κ2) is 7.80. The highest BCUT2D eigenvalue weighted by Gasteiger charge is 2.22. The molecule has 7 nitrogen and oxygen atoms in total. The molecule has 1 aromatic carbocycles. The quantitative estimate of drug-likeness (QED) is 0.758. The summed E-state index contributed by atoms with van der Waals surface area (Å²) in [6, 6.07) is 13.7. The van der Waals surface area contributed by atoms with E-state index in [4.69, 9.17) is 0 Å². The Morgan fingerprint density at radius 3 is 2.36 bits per heavy atom. The van der Waals surface area contributed by atoms with E-state index in [0.717, 1.165) is 48.6 Å². The van der Waals surface area contributed by atoms with Crippen LogP contribution in [0.1, 0.15) is 34.5 Å². The van der Waals surface area contributed by atoms with E-state index in [0.29, 0.717) is 5.82 Å². The third-order valence-electron chi connectivity index (χ3n) is 5.14. The zero-order valence-corrected chi connectivity index (χ0v) is 16.2. The van der Waals surface area contributed by atoms with Crippen molar-refractivity contribution in [3.05, 3.63) is 65.5 Å². The van der Waals surface area contributed by atoms with Crippen LogP contribution in [0.2, 0.25) is 0 Å². The SMILES string of the molecule is Cc1ccn(-c2ccc(N3CCC(NC(=O)c4ccccc4C)CC3)nn2)n1. The third kappa shape index (κ3) is 3.88. The molecule has 28 heavy (non-hydrogen) atoms. The fourth-order valence-electron chi connectivity index (χ4n) is 3.50. The molecule has 2 aromatic heterocycles. The maximum Gasteiger partial charge on any atom is 0.251 e. The summed E-state index contributed by atoms with van der Waals surface area (Å²) in [5, 5.41) is 16.2. The predicted molar refractivity (Wildman–Crippen MR) is 108 cm³/mol. The summed E-state index contributed by atoms with van der Waals surface area (Å²) >= 11 is 0. The molecule has 0 bridgehead atoms. The third-order valence-corrected chi connectivity index (χ3v) is 5.14. The number of nitrogens with zero attached hydrogens (tertiary/aromatic N) is 5. The van der Waals surface area contributed by atoms with Gasteiger partial charge < -0.3 is 10.2 Å². The Bertz CT molecular complexity index is 957. The Labute approximate surface area is 164 Å². The predicted octanol–water partition coefficient (Wildman–Crippen LogP) is 2.68. The van der Waals surface area contributed by atoms with Crippen LogP contribution in [0.3, 0.4) is 0 Å². The Hall–Kier alpha value is -3.22. The number of rotatable bonds is 4. The highest BCUT2D eigenvalue weighted by atomic mass is 16.1. The monoisotopic (exact) mass is 376 g/mol. The Kier molecular flexibility index (Phi) is 5.06. The smallest absolute Gasteiger partial charge is 0.251 e. The lowest BCUT2D eigenvalue weighted by atomic mass is 10.0. The van der Waals surface area contributed by atoms with Gasteiger partial charge in [0.1, 0.15) is 0 Å². The van der Waals surface area contributed by atoms with Crippen LogP contribution < -0.4 is 10.2 Å². The fourth-order valence-corrected chi connectivity index (χ4v) is 3.50. The maximum atomic E-state index is 12.5. The lowest BCUT2D eigenvalue weighted by Gasteiger charge is -2.33. The molecule has 0 radical (unpaired) electrons. The molecule has 1 N–H and O–H groups in total. The first-order valence-corrected chi connectivity index (χ1v) is 9.58. The van der Waals surface area contributed by atoms with E-state index < -0.39 is 0 Å². The van der Waals surface area contributed by atoms with Gasteiger partial charge in [-0.05, 0) is 56.5 Å². The number of hydrogen-bond donors (Lipinski definition) is 1. The van der Waals surface area contributed by atoms with Crippen molar-refractivity contribution in [1.29, 1.82) is 0 Å². The molecule has 7 heteroatoms. The average molecular weight is 376 g/mol. The van der Waals surface area contributed by atoms with Crippen molar-refractivity contribution in [3.63, 3.8) is 0 Å². The van der Waals surface area contributed by atoms with Gasteiger partial charge in [-0.15, -0.1) is 10.2 Å². The van der Waals surface area contributed by atoms with E-state index in [9.17, 15) is 4.79 Å². The summed E-state index contributed by atoms with van der Waals surface area (Å²) in [5.74, 6) is 1.57. The lowest BCUT2D eigenvalue weighted by molar-refractivity contribution is 0.0930. The number of carbonyl (C=O) groups excluding carboxylic acids is 1. The summed E-state index contributed by atoms with van der Waals surface area (Å²) < 4.78 is 1.72. The standard InChI is InChI=1S/C21H24N6O/c1-15-5-3-4-6-18(15)21(28)22-17-10-12-26(13-11-17)19-7-8-20(24-23-19)27-14-9-16(2)25-27/h3-9,14,17H,10-13H2,1-2H3,(H,22,28). The Morgan fingerprint density at radius 1 is 1.00 bits per heavy atom. The van der Waals surface area contributed by atoms with Gasteiger partial charge in [-0.25, -0.2) is 4.68 Å². The van der Waals surface area contributed by atoms with Gasteiger partial charge in [0.15, 0.2) is 11.6 Å². The van der Waals surface area contributed by atoms with Crippen LogP contribution in [-0.4, -0.2) is 45.0 Å². The van der Waals surface area contributed by atoms with Crippen molar-refractivity contribution >= 4 is 11.7 Å². The molecule has 1 aliphatic rings. The molecule has 3 aromatic rings. The molecule has 0 saturated carbocycles. The van der Waals surface area contributed by atoms with Gasteiger partial charge in [0.25, 0.3) is 5.91 Å². The number of anilines is 1. The first-order chi connectivity index (χ1) is 13.6. The molecular formula is C21H24N6O. The van der Waals surface area contributed by atoms with Crippen molar-refractivity contribution in [2.24, 2.45) is 0 Å². The highest BCUT2D eigenvalue weighted by Crippen LogP contribution is 2.19. The molecule has 3 heterocycles. The van der Waals surface area contributed by atoms with Gasteiger partial charge in [-0.2, -0.15) is 5.10 Å². The fraction of sp³-hybridized carbons (Fsp3) is 0.333. The number of piperidine rings is 1. The van der Waals surface area contributed by atoms with Crippen LogP contribution in [0.15, 0.2) is 48.7 Å². The van der Waals surface area contributed by atoms with Crippen molar-refractivity contribution in [3.8, 4) is 5.82 Å². The van der Waals surface area contributed by atoms with Crippen molar-refractivity contribution in [2.75, 3.05) is 18.0 Å². The first kappa shape index (κ1) is 18.2. The average Bonchev–Trinajstić information content (AvgIpc) is 3.15. The van der Waals surface area contributed by atoms with Crippen LogP contribution in [0.5, 0.6) is 0 Å². The van der Waals surface area contributed by atoms with Crippen molar-refractivity contribution in [2.45, 2.75) is 32.7 Å². The van der Waals surface area contributed by atoms with Crippen LogP contribution >= 0.6 is 0 Å². The largest absolute Gasteiger partial charge is 0.355 e. The zero-order valence-electron chi connectivity index (χ0n) is 16.2. The van der Waals surface area contributed by atoms with Crippen LogP contribution in [0.4, 0.5) is 5.82 Å². The molecule has 1 saturated heterocycles. The van der Waals surface area contributed by atoms with E-state index in [1.165, 1.54) is 0 Å². The topological polar surface area (TPSA) is 75.9 Å². The van der Waals surface area contributed by atoms with Gasteiger partial charge in [0, 0.05) is 30.9 Å². The molecule has 0 aliphatic carbocycles. The summed E-state index contributed by atoms with van der Waals surface area (Å²) in [5.41, 5.74) is 2.70. The summed E-state index contributed by atoms with van der Waals surface area (Å²) in [4.78, 5) is 14.7. The highest BCUT2D eigenvalue weighted by molar-refractivity contribution is 5.95. The number of hydrogen-bond acceptors (Lipinski definition) is 5. The van der Waals surface area contributed by atoms with Crippen molar-refractivity contribution < 1.29 is 4.79 Å². The normalized spacial score (nSPS) is 14.9. The minimum Gasteiger partial charge on any atom is -0.355 e. The molecule has 1 aliphatic heterocycles. The van der Waals surface area contributed by atoms with E-state index in [2.05, 4.69) is 25.5 Å². The number of benzene rings is 1. The zero-order chi connectivity index (χ0) is 19.5. The molecule has 0 unspecified atom stereocenters. The number of nitrogens with one attached hydrogen (secondary N) is 1. The van der Waals surface area contributed by atoms with E-state index in [-0.39, 0.29) is 11.9 Å². The summed E-state index contributed by atoms with van der Waals surface area (Å²) in [7, 11) is 0. The van der Waals surface area contributed by atoms with Gasteiger partial charge in [0.2, 0.25) is 0 Å². The first-order valence-electron chi connectivity index (χ1n) is 9.58. The number of aromatic nitrogens is 4. The minimum absolute atomic E-state index is 0.00945. The second-order valence-electron chi connectivity index (χ2n) is 7.20. The van der Waals surface area contributed by atoms with Crippen LogP contribution in [0.25, 0.3) is 5.82 Å². The molecule has 1 fully saturated rings. The summed E-state index contributed by atoms with van der Waals surface area (Å²) in [6.07, 6.45) is 3.65. The van der Waals surface area contributed by atoms with Gasteiger partial charge in [0.05, 0.1) is 5.69 Å². The maximum absolute atomic E-state index is 12.5. The van der Waals surface area contributed by atoms with Crippen LogP contribution in [-0.2, 0) is 0 Å². The van der Waals surface area contributed by atoms with E-state index in [1.807, 2.05) is 62.5 Å². The Balaban J connectivity index is 1.34. The number of amides is 1. The molecule has 144 valence electrons. The second-order valence-corrected chi connectivity index (χ2v) is 7.20. The van der Waals surface area contributed by atoms with Gasteiger partial charge >= 0.3 is 0 Å². The van der Waals surface area contributed by atoms with E-state index >= 15 is 0 Å². The molecular weight excluding hydrogens is 352 g/mol. The van der Waals surface area contributed by atoms with Crippen molar-refractivity contribution in [1.82, 2.24) is 25.3 Å². The molecule has 0 spiro atoms. The summed E-state index contributed by atoms with van der Waals surface area (Å²) in [6.45, 7) is 5.59.